The van der Waals surface area contributed by atoms with Crippen LogP contribution in [0.2, 0.25) is 0 Å². The number of hydrogen-bond acceptors (Lipinski definition) is 8. The summed E-state index contributed by atoms with van der Waals surface area (Å²) in [5, 5.41) is 25.3. The van der Waals surface area contributed by atoms with Gasteiger partial charge in [0.15, 0.2) is 0 Å². The molecule has 1 saturated carbocycles. The van der Waals surface area contributed by atoms with E-state index in [4.69, 9.17) is 4.98 Å². The maximum atomic E-state index is 12.2. The number of H-pyrrole nitrogens is 1. The highest BCUT2D eigenvalue weighted by Gasteiger charge is 2.43. The van der Waals surface area contributed by atoms with Gasteiger partial charge in [-0.25, -0.2) is 9.97 Å². The topological polar surface area (TPSA) is 118 Å². The van der Waals surface area contributed by atoms with Gasteiger partial charge in [0.2, 0.25) is 0 Å². The number of rotatable bonds is 6. The Bertz CT molecular complexity index is 1210. The molecule has 1 aliphatic carbocycles. The number of likely N-dealkylation sites (tertiary alicyclic amines) is 2. The number of aliphatic hydroxyl groups excluding tert-OH is 2. The van der Waals surface area contributed by atoms with Crippen molar-refractivity contribution in [2.24, 2.45) is 11.8 Å². The highest BCUT2D eigenvalue weighted by molar-refractivity contribution is 7.15. The molecule has 0 radical (unpaired) electrons. The molecule has 1 amide bonds. The van der Waals surface area contributed by atoms with Gasteiger partial charge in [0, 0.05) is 67.6 Å². The van der Waals surface area contributed by atoms with Crippen molar-refractivity contribution < 1.29 is 15.0 Å². The van der Waals surface area contributed by atoms with E-state index in [1.54, 1.807) is 18.3 Å². The predicted molar refractivity (Wildman–Crippen MR) is 135 cm³/mol. The third-order valence-electron chi connectivity index (χ3n) is 7.77. The SMILES string of the molecule is C[C@H](O)C(=O)N1C[C@H]2CC(Nc3c(-c4ncc(CN5CCC(O)C5)s4)cnc4[nH]ccc34)C[C@H]2C1. The molecule has 9 nitrogen and oxygen atoms in total. The molecule has 0 spiro atoms. The Morgan fingerprint density at radius 3 is 2.77 bits per heavy atom. The minimum absolute atomic E-state index is 0.155. The molecule has 2 unspecified atom stereocenters. The second-order valence-corrected chi connectivity index (χ2v) is 11.5. The van der Waals surface area contributed by atoms with Crippen LogP contribution in [0.15, 0.2) is 24.7 Å². The predicted octanol–water partition coefficient (Wildman–Crippen LogP) is 2.28. The van der Waals surface area contributed by atoms with Gasteiger partial charge >= 0.3 is 0 Å². The first-order valence-corrected chi connectivity index (χ1v) is 13.3. The molecular weight excluding hydrogens is 464 g/mol. The van der Waals surface area contributed by atoms with E-state index in [0.717, 1.165) is 79.3 Å². The van der Waals surface area contributed by atoms with Crippen molar-refractivity contribution in [2.75, 3.05) is 31.5 Å². The number of aromatic amines is 1. The average molecular weight is 497 g/mol. The fraction of sp³-hybridized carbons (Fsp3) is 0.560. The molecule has 2 aliphatic heterocycles. The summed E-state index contributed by atoms with van der Waals surface area (Å²) in [6.45, 7) is 5.47. The Hall–Kier alpha value is -2.53. The van der Waals surface area contributed by atoms with Crippen molar-refractivity contribution in [1.82, 2.24) is 24.8 Å². The number of nitrogens with zero attached hydrogens (tertiary/aromatic N) is 4. The van der Waals surface area contributed by atoms with Crippen LogP contribution in [0.3, 0.4) is 0 Å². The van der Waals surface area contributed by atoms with Crippen LogP contribution in [-0.2, 0) is 11.3 Å². The number of aromatic nitrogens is 3. The largest absolute Gasteiger partial charge is 0.392 e. The number of pyridine rings is 1. The van der Waals surface area contributed by atoms with E-state index >= 15 is 0 Å². The molecule has 2 saturated heterocycles. The number of hydrogen-bond donors (Lipinski definition) is 4. The maximum Gasteiger partial charge on any atom is 0.251 e. The molecule has 3 aromatic rings. The molecule has 5 heterocycles. The van der Waals surface area contributed by atoms with Gasteiger partial charge in [0.25, 0.3) is 5.91 Å². The summed E-state index contributed by atoms with van der Waals surface area (Å²) in [6, 6.07) is 2.38. The number of β-amino-alcohol motifs (C(OH)–C–C–N with tert-alkyl or cyclic N) is 1. The normalized spacial score (nSPS) is 27.6. The van der Waals surface area contributed by atoms with Gasteiger partial charge in [0.1, 0.15) is 16.8 Å². The van der Waals surface area contributed by atoms with Crippen molar-refractivity contribution in [3.8, 4) is 10.6 Å². The van der Waals surface area contributed by atoms with Gasteiger partial charge in [0.05, 0.1) is 17.4 Å². The van der Waals surface area contributed by atoms with Crippen LogP contribution in [0.5, 0.6) is 0 Å². The van der Waals surface area contributed by atoms with Crippen LogP contribution in [-0.4, -0.2) is 85.3 Å². The quantitative estimate of drug-likeness (QED) is 0.414. The molecule has 3 aliphatic rings. The van der Waals surface area contributed by atoms with Crippen LogP contribution >= 0.6 is 11.3 Å². The number of carbonyl (C=O) groups is 1. The Kier molecular flexibility index (Phi) is 6.00. The highest BCUT2D eigenvalue weighted by Crippen LogP contribution is 2.42. The number of amides is 1. The van der Waals surface area contributed by atoms with Gasteiger partial charge < -0.3 is 25.4 Å². The van der Waals surface area contributed by atoms with Crippen molar-refractivity contribution in [3.05, 3.63) is 29.5 Å². The molecule has 10 heteroatoms. The third kappa shape index (κ3) is 4.44. The number of anilines is 1. The second-order valence-electron chi connectivity index (χ2n) is 10.3. The average Bonchev–Trinajstić information content (AvgIpc) is 3.63. The molecule has 0 bridgehead atoms. The number of aliphatic hydroxyl groups is 2. The molecule has 0 aromatic carbocycles. The van der Waals surface area contributed by atoms with Gasteiger partial charge in [-0.05, 0) is 44.1 Å². The zero-order chi connectivity index (χ0) is 24.1. The number of nitrogens with one attached hydrogen (secondary N) is 2. The third-order valence-corrected chi connectivity index (χ3v) is 8.78. The highest BCUT2D eigenvalue weighted by atomic mass is 32.1. The van der Waals surface area contributed by atoms with E-state index in [1.807, 2.05) is 23.5 Å². The van der Waals surface area contributed by atoms with Gasteiger partial charge in [-0.2, -0.15) is 0 Å². The van der Waals surface area contributed by atoms with E-state index < -0.39 is 6.10 Å². The summed E-state index contributed by atoms with van der Waals surface area (Å²) in [7, 11) is 0. The summed E-state index contributed by atoms with van der Waals surface area (Å²) in [5.41, 5.74) is 2.93. The van der Waals surface area contributed by atoms with Crippen molar-refractivity contribution >= 4 is 34.0 Å². The van der Waals surface area contributed by atoms with Crippen molar-refractivity contribution in [1.29, 1.82) is 0 Å². The lowest BCUT2D eigenvalue weighted by Crippen LogP contribution is -2.37. The van der Waals surface area contributed by atoms with Crippen LogP contribution in [0.25, 0.3) is 21.6 Å². The van der Waals surface area contributed by atoms with Crippen LogP contribution in [0.1, 0.15) is 31.1 Å². The summed E-state index contributed by atoms with van der Waals surface area (Å²) < 4.78 is 0. The van der Waals surface area contributed by atoms with Crippen LogP contribution < -0.4 is 5.32 Å². The lowest BCUT2D eigenvalue weighted by atomic mass is 10.0. The van der Waals surface area contributed by atoms with Gasteiger partial charge in [-0.3, -0.25) is 9.69 Å². The summed E-state index contributed by atoms with van der Waals surface area (Å²) in [4.78, 5) is 30.1. The Balaban J connectivity index is 1.20. The number of carbonyl (C=O) groups excluding carboxylic acids is 1. The van der Waals surface area contributed by atoms with E-state index in [-0.39, 0.29) is 12.0 Å². The van der Waals surface area contributed by atoms with E-state index in [0.29, 0.717) is 17.9 Å². The first-order chi connectivity index (χ1) is 16.9. The first-order valence-electron chi connectivity index (χ1n) is 12.5. The Labute approximate surface area is 208 Å². The molecule has 5 atom stereocenters. The van der Waals surface area contributed by atoms with Gasteiger partial charge in [-0.15, -0.1) is 11.3 Å². The fourth-order valence-electron chi connectivity index (χ4n) is 6.07. The lowest BCUT2D eigenvalue weighted by molar-refractivity contribution is -0.138. The summed E-state index contributed by atoms with van der Waals surface area (Å²) >= 11 is 1.69. The minimum Gasteiger partial charge on any atom is -0.392 e. The van der Waals surface area contributed by atoms with E-state index in [2.05, 4.69) is 26.3 Å². The molecule has 3 aromatic heterocycles. The minimum atomic E-state index is -0.928. The summed E-state index contributed by atoms with van der Waals surface area (Å²) in [5.74, 6) is 0.770. The smallest absolute Gasteiger partial charge is 0.251 e. The molecular formula is C25H32N6O3S. The maximum absolute atomic E-state index is 12.2. The number of thiazole rings is 1. The standard InChI is InChI=1S/C25H32N6O3S/c1-14(32)25(34)31-10-15-6-17(7-16(15)11-31)29-22-20-2-4-26-23(20)27-9-21(22)24-28-8-19(35-24)13-30-5-3-18(33)12-30/h2,4,8-9,14-18,32-33H,3,5-7,10-13H2,1H3,(H2,26,27,29)/t14-,15-,16+,17?,18?/m0/s1. The molecule has 4 N–H and O–H groups in total. The fourth-order valence-corrected chi connectivity index (χ4v) is 7.04. The lowest BCUT2D eigenvalue weighted by Gasteiger charge is -2.22. The molecule has 186 valence electrons. The Morgan fingerprint density at radius 2 is 2.06 bits per heavy atom. The molecule has 3 fully saturated rings. The van der Waals surface area contributed by atoms with Crippen molar-refractivity contribution in [3.63, 3.8) is 0 Å². The Morgan fingerprint density at radius 1 is 1.26 bits per heavy atom. The van der Waals surface area contributed by atoms with E-state index in [1.165, 1.54) is 4.88 Å². The monoisotopic (exact) mass is 496 g/mol. The number of fused-ring (bicyclic) bond motifs is 2. The van der Waals surface area contributed by atoms with Gasteiger partial charge in [-0.1, -0.05) is 0 Å². The second kappa shape index (κ2) is 9.16. The van der Waals surface area contributed by atoms with Crippen LogP contribution in [0, 0.1) is 11.8 Å². The first kappa shape index (κ1) is 22.9. The zero-order valence-electron chi connectivity index (χ0n) is 19.9. The summed E-state index contributed by atoms with van der Waals surface area (Å²) in [6.07, 6.45) is 7.46. The van der Waals surface area contributed by atoms with Crippen molar-refractivity contribution in [2.45, 2.75) is 51.0 Å². The van der Waals surface area contributed by atoms with Crippen LogP contribution in [0.4, 0.5) is 5.69 Å². The zero-order valence-corrected chi connectivity index (χ0v) is 20.7. The molecule has 35 heavy (non-hydrogen) atoms. The van der Waals surface area contributed by atoms with E-state index in [9.17, 15) is 15.0 Å². The molecule has 6 rings (SSSR count).